The van der Waals surface area contributed by atoms with E-state index in [1.807, 2.05) is 18.2 Å². The first kappa shape index (κ1) is 17.7. The zero-order chi connectivity index (χ0) is 15.1. The minimum absolute atomic E-state index is 0.00810. The summed E-state index contributed by atoms with van der Waals surface area (Å²) >= 11 is 12.6. The molecule has 1 aromatic rings. The van der Waals surface area contributed by atoms with Crippen molar-refractivity contribution in [2.45, 2.75) is 19.9 Å². The summed E-state index contributed by atoms with van der Waals surface area (Å²) in [5.74, 6) is 0.530. The molecule has 0 amide bonds. The van der Waals surface area contributed by atoms with E-state index in [9.17, 15) is 0 Å². The summed E-state index contributed by atoms with van der Waals surface area (Å²) in [5.41, 5.74) is 6.90. The maximum Gasteiger partial charge on any atom is 0.0589 e. The van der Waals surface area contributed by atoms with Gasteiger partial charge in [-0.3, -0.25) is 4.90 Å². The molecule has 5 heteroatoms. The van der Waals surface area contributed by atoms with E-state index in [1.165, 1.54) is 0 Å². The highest BCUT2D eigenvalue weighted by Gasteiger charge is 2.24. The standard InChI is InChI=1S/C15H24Cl2N2O/c1-11(2)10-19(7-8-20-3)14(9-18)15-12(16)5-4-6-13(15)17/h4-6,11,14H,7-10,18H2,1-3H3. The second-order valence-corrected chi connectivity index (χ2v) is 6.08. The fourth-order valence-electron chi connectivity index (χ4n) is 2.33. The molecule has 0 radical (unpaired) electrons. The van der Waals surface area contributed by atoms with Crippen LogP contribution in [0.25, 0.3) is 0 Å². The Morgan fingerprint density at radius 3 is 2.30 bits per heavy atom. The Morgan fingerprint density at radius 1 is 1.25 bits per heavy atom. The lowest BCUT2D eigenvalue weighted by atomic mass is 10.0. The van der Waals surface area contributed by atoms with Crippen LogP contribution in [0.15, 0.2) is 18.2 Å². The lowest BCUT2D eigenvalue weighted by Crippen LogP contribution is -2.38. The van der Waals surface area contributed by atoms with Crippen molar-refractivity contribution in [2.24, 2.45) is 11.7 Å². The van der Waals surface area contributed by atoms with Crippen LogP contribution in [0.5, 0.6) is 0 Å². The van der Waals surface area contributed by atoms with Gasteiger partial charge in [-0.25, -0.2) is 0 Å². The van der Waals surface area contributed by atoms with Gasteiger partial charge in [0.05, 0.1) is 12.6 Å². The van der Waals surface area contributed by atoms with Crippen molar-refractivity contribution in [1.82, 2.24) is 4.90 Å². The van der Waals surface area contributed by atoms with E-state index in [0.29, 0.717) is 29.1 Å². The predicted octanol–water partition coefficient (Wildman–Crippen LogP) is 3.60. The first-order chi connectivity index (χ1) is 9.51. The highest BCUT2D eigenvalue weighted by atomic mass is 35.5. The molecule has 0 bridgehead atoms. The average molecular weight is 319 g/mol. The van der Waals surface area contributed by atoms with Gasteiger partial charge in [0.1, 0.15) is 0 Å². The highest BCUT2D eigenvalue weighted by Crippen LogP contribution is 2.33. The van der Waals surface area contributed by atoms with Crippen molar-refractivity contribution < 1.29 is 4.74 Å². The van der Waals surface area contributed by atoms with Gasteiger partial charge in [-0.2, -0.15) is 0 Å². The second kappa shape index (κ2) is 8.85. The van der Waals surface area contributed by atoms with E-state index in [-0.39, 0.29) is 6.04 Å². The molecule has 0 spiro atoms. The summed E-state index contributed by atoms with van der Waals surface area (Å²) in [6.07, 6.45) is 0. The molecule has 0 aliphatic heterocycles. The minimum Gasteiger partial charge on any atom is -0.383 e. The van der Waals surface area contributed by atoms with Crippen LogP contribution in [0.1, 0.15) is 25.5 Å². The van der Waals surface area contributed by atoms with Crippen molar-refractivity contribution >= 4 is 23.2 Å². The Kier molecular flexibility index (Phi) is 7.85. The molecular weight excluding hydrogens is 295 g/mol. The summed E-state index contributed by atoms with van der Waals surface area (Å²) in [5, 5.41) is 1.33. The molecule has 0 saturated heterocycles. The summed E-state index contributed by atoms with van der Waals surface area (Å²) < 4.78 is 5.20. The number of hydrogen-bond acceptors (Lipinski definition) is 3. The van der Waals surface area contributed by atoms with E-state index in [0.717, 1.165) is 18.7 Å². The summed E-state index contributed by atoms with van der Waals surface area (Å²) in [4.78, 5) is 2.29. The van der Waals surface area contributed by atoms with Gasteiger partial charge in [-0.15, -0.1) is 0 Å². The Balaban J connectivity index is 3.05. The number of nitrogens with two attached hydrogens (primary N) is 1. The van der Waals surface area contributed by atoms with Crippen LogP contribution in [0.4, 0.5) is 0 Å². The smallest absolute Gasteiger partial charge is 0.0589 e. The predicted molar refractivity (Wildman–Crippen MR) is 86.5 cm³/mol. The molecule has 0 aliphatic rings. The number of rotatable bonds is 8. The van der Waals surface area contributed by atoms with Crippen molar-refractivity contribution in [3.63, 3.8) is 0 Å². The van der Waals surface area contributed by atoms with E-state index in [2.05, 4.69) is 18.7 Å². The van der Waals surface area contributed by atoms with Crippen LogP contribution in [-0.4, -0.2) is 38.3 Å². The maximum atomic E-state index is 6.32. The molecule has 0 saturated carbocycles. The summed E-state index contributed by atoms with van der Waals surface area (Å²) in [7, 11) is 1.70. The van der Waals surface area contributed by atoms with Crippen LogP contribution in [0, 0.1) is 5.92 Å². The first-order valence-corrected chi connectivity index (χ1v) is 7.63. The summed E-state index contributed by atoms with van der Waals surface area (Å²) in [6, 6.07) is 5.57. The Morgan fingerprint density at radius 2 is 1.85 bits per heavy atom. The van der Waals surface area contributed by atoms with Gasteiger partial charge in [0.15, 0.2) is 0 Å². The van der Waals surface area contributed by atoms with Gasteiger partial charge in [0, 0.05) is 42.4 Å². The molecular formula is C15H24Cl2N2O. The molecule has 2 N–H and O–H groups in total. The van der Waals surface area contributed by atoms with Crippen molar-refractivity contribution in [3.05, 3.63) is 33.8 Å². The molecule has 1 rings (SSSR count). The van der Waals surface area contributed by atoms with E-state index in [1.54, 1.807) is 7.11 Å². The van der Waals surface area contributed by atoms with Crippen molar-refractivity contribution in [2.75, 3.05) is 33.4 Å². The lowest BCUT2D eigenvalue weighted by Gasteiger charge is -2.33. The normalized spacial score (nSPS) is 13.2. The van der Waals surface area contributed by atoms with E-state index < -0.39 is 0 Å². The van der Waals surface area contributed by atoms with Crippen molar-refractivity contribution in [1.29, 1.82) is 0 Å². The van der Waals surface area contributed by atoms with Crippen LogP contribution in [0.3, 0.4) is 0 Å². The molecule has 0 heterocycles. The Bertz CT molecular complexity index is 393. The van der Waals surface area contributed by atoms with E-state index >= 15 is 0 Å². The third kappa shape index (κ3) is 4.90. The van der Waals surface area contributed by atoms with Crippen molar-refractivity contribution in [3.8, 4) is 0 Å². The van der Waals surface area contributed by atoms with Gasteiger partial charge in [-0.1, -0.05) is 43.1 Å². The quantitative estimate of drug-likeness (QED) is 0.796. The molecule has 0 aromatic heterocycles. The zero-order valence-electron chi connectivity index (χ0n) is 12.4. The van der Waals surface area contributed by atoms with Crippen LogP contribution < -0.4 is 5.73 Å². The molecule has 1 atom stereocenters. The Labute approximate surface area is 132 Å². The molecule has 114 valence electrons. The largest absolute Gasteiger partial charge is 0.383 e. The lowest BCUT2D eigenvalue weighted by molar-refractivity contribution is 0.112. The monoisotopic (exact) mass is 318 g/mol. The molecule has 3 nitrogen and oxygen atoms in total. The second-order valence-electron chi connectivity index (χ2n) is 5.27. The van der Waals surface area contributed by atoms with Gasteiger partial charge in [-0.05, 0) is 18.1 Å². The fraction of sp³-hybridized carbons (Fsp3) is 0.600. The van der Waals surface area contributed by atoms with E-state index in [4.69, 9.17) is 33.7 Å². The van der Waals surface area contributed by atoms with Crippen LogP contribution in [0.2, 0.25) is 10.0 Å². The fourth-order valence-corrected chi connectivity index (χ4v) is 2.98. The summed E-state index contributed by atoms with van der Waals surface area (Å²) in [6.45, 7) is 7.22. The number of benzene rings is 1. The topological polar surface area (TPSA) is 38.5 Å². The number of ether oxygens (including phenoxy) is 1. The third-order valence-corrected chi connectivity index (χ3v) is 3.84. The maximum absolute atomic E-state index is 6.32. The molecule has 1 unspecified atom stereocenters. The van der Waals surface area contributed by atoms with Crippen LogP contribution >= 0.6 is 23.2 Å². The highest BCUT2D eigenvalue weighted by molar-refractivity contribution is 6.36. The van der Waals surface area contributed by atoms with Gasteiger partial charge < -0.3 is 10.5 Å². The molecule has 1 aromatic carbocycles. The number of nitrogens with zero attached hydrogens (tertiary/aromatic N) is 1. The number of hydrogen-bond donors (Lipinski definition) is 1. The minimum atomic E-state index is 0.00810. The zero-order valence-corrected chi connectivity index (χ0v) is 13.9. The molecule has 0 fully saturated rings. The number of methoxy groups -OCH3 is 1. The third-order valence-electron chi connectivity index (χ3n) is 3.18. The first-order valence-electron chi connectivity index (χ1n) is 6.88. The SMILES string of the molecule is COCCN(CC(C)C)C(CN)c1c(Cl)cccc1Cl. The van der Waals surface area contributed by atoms with Gasteiger partial charge >= 0.3 is 0 Å². The van der Waals surface area contributed by atoms with Gasteiger partial charge in [0.2, 0.25) is 0 Å². The molecule has 20 heavy (non-hydrogen) atoms. The van der Waals surface area contributed by atoms with Gasteiger partial charge in [0.25, 0.3) is 0 Å². The average Bonchev–Trinajstić information content (AvgIpc) is 2.39. The molecule has 0 aliphatic carbocycles. The van der Waals surface area contributed by atoms with Crippen LogP contribution in [-0.2, 0) is 4.74 Å². The number of halogens is 2. The Hall–Kier alpha value is -0.320.